The van der Waals surface area contributed by atoms with Crippen molar-refractivity contribution in [2.75, 3.05) is 0 Å². The van der Waals surface area contributed by atoms with E-state index in [1.165, 1.54) is 11.9 Å². The van der Waals surface area contributed by atoms with Crippen molar-refractivity contribution >= 4 is 17.6 Å². The second-order valence-corrected chi connectivity index (χ2v) is 7.82. The summed E-state index contributed by atoms with van der Waals surface area (Å²) in [6, 6.07) is 7.17. The van der Waals surface area contributed by atoms with Gasteiger partial charge >= 0.3 is 0 Å². The zero-order valence-corrected chi connectivity index (χ0v) is 13.8. The van der Waals surface area contributed by atoms with E-state index in [1.807, 2.05) is 6.07 Å². The molecule has 0 saturated carbocycles. The van der Waals surface area contributed by atoms with Crippen LogP contribution in [0.1, 0.15) is 40.5 Å². The molecule has 0 spiro atoms. The molecule has 2 rings (SSSR count). The topological polar surface area (TPSA) is 67.2 Å². The Kier molecular flexibility index (Phi) is 4.60. The quantitative estimate of drug-likeness (QED) is 0.506. The predicted molar refractivity (Wildman–Crippen MR) is 86.4 cm³/mol. The lowest BCUT2D eigenvalue weighted by atomic mass is 9.80. The number of hydrogen-bond acceptors (Lipinski definition) is 5. The van der Waals surface area contributed by atoms with Crippen molar-refractivity contribution in [3.63, 3.8) is 0 Å². The molecule has 1 aromatic carbocycles. The van der Waals surface area contributed by atoms with E-state index in [-0.39, 0.29) is 21.7 Å². The summed E-state index contributed by atoms with van der Waals surface area (Å²) in [4.78, 5) is 11.4. The lowest BCUT2D eigenvalue weighted by molar-refractivity contribution is -0.387. The highest BCUT2D eigenvalue weighted by Crippen LogP contribution is 2.32. The Morgan fingerprint density at radius 3 is 2.38 bits per heavy atom. The molecule has 1 aliphatic heterocycles. The van der Waals surface area contributed by atoms with Crippen molar-refractivity contribution in [1.29, 1.82) is 0 Å². The van der Waals surface area contributed by atoms with Crippen molar-refractivity contribution in [1.82, 2.24) is 10.0 Å². The third-order valence-corrected chi connectivity index (χ3v) is 4.60. The van der Waals surface area contributed by atoms with Crippen LogP contribution >= 0.6 is 11.9 Å². The number of rotatable bonds is 4. The van der Waals surface area contributed by atoms with Gasteiger partial charge in [0.25, 0.3) is 5.69 Å². The summed E-state index contributed by atoms with van der Waals surface area (Å²) in [7, 11) is 0. The van der Waals surface area contributed by atoms with Gasteiger partial charge in [0.05, 0.1) is 4.92 Å². The molecule has 0 unspecified atom stereocenters. The Balaban J connectivity index is 2.05. The molecule has 0 amide bonds. The molecule has 0 aromatic heterocycles. The number of nitro groups is 1. The number of para-hydroxylation sites is 1. The van der Waals surface area contributed by atoms with Gasteiger partial charge in [-0.25, -0.2) is 0 Å². The van der Waals surface area contributed by atoms with E-state index in [4.69, 9.17) is 0 Å². The van der Waals surface area contributed by atoms with Crippen molar-refractivity contribution in [3.8, 4) is 0 Å². The van der Waals surface area contributed by atoms with E-state index in [0.717, 1.165) is 12.8 Å². The van der Waals surface area contributed by atoms with Crippen LogP contribution < -0.4 is 10.0 Å². The van der Waals surface area contributed by atoms with Gasteiger partial charge in [-0.3, -0.25) is 14.8 Å². The van der Waals surface area contributed by atoms with Crippen LogP contribution in [-0.2, 0) is 0 Å². The first-order chi connectivity index (χ1) is 9.69. The fraction of sp³-hybridized carbons (Fsp3) is 0.600. The minimum Gasteiger partial charge on any atom is -0.307 e. The van der Waals surface area contributed by atoms with Crippen molar-refractivity contribution in [2.24, 2.45) is 0 Å². The lowest BCUT2D eigenvalue weighted by Gasteiger charge is -2.46. The molecular weight excluding hydrogens is 286 g/mol. The smallest absolute Gasteiger partial charge is 0.284 e. The van der Waals surface area contributed by atoms with Gasteiger partial charge in [0.15, 0.2) is 0 Å². The summed E-state index contributed by atoms with van der Waals surface area (Å²) in [5, 5.41) is 14.7. The van der Waals surface area contributed by atoms with Gasteiger partial charge in [0.1, 0.15) is 4.90 Å². The van der Waals surface area contributed by atoms with Crippen LogP contribution in [0.15, 0.2) is 29.2 Å². The normalized spacial score (nSPS) is 21.1. The Hall–Kier alpha value is -1.11. The summed E-state index contributed by atoms with van der Waals surface area (Å²) in [5.74, 6) is 0. The second-order valence-electron chi connectivity index (χ2n) is 6.94. The lowest BCUT2D eigenvalue weighted by Crippen LogP contribution is -2.61. The van der Waals surface area contributed by atoms with Crippen LogP contribution in [-0.4, -0.2) is 22.0 Å². The number of piperidine rings is 1. The zero-order chi connectivity index (χ0) is 15.7. The average Bonchev–Trinajstić information content (AvgIpc) is 2.33. The van der Waals surface area contributed by atoms with Crippen molar-refractivity contribution in [3.05, 3.63) is 34.4 Å². The highest BCUT2D eigenvalue weighted by Gasteiger charge is 2.37. The van der Waals surface area contributed by atoms with Gasteiger partial charge < -0.3 is 5.32 Å². The molecule has 2 N–H and O–H groups in total. The Morgan fingerprint density at radius 2 is 1.81 bits per heavy atom. The number of nitrogens with zero attached hydrogens (tertiary/aromatic N) is 1. The molecule has 1 saturated heterocycles. The Bertz CT molecular complexity index is 515. The Morgan fingerprint density at radius 1 is 1.24 bits per heavy atom. The van der Waals surface area contributed by atoms with Gasteiger partial charge in [-0.1, -0.05) is 12.1 Å². The first-order valence-corrected chi connectivity index (χ1v) is 7.95. The standard InChI is InChI=1S/C15H23N3O2S/c1-14(2)9-11(10-15(3,4)17-14)16-21-13-8-6-5-7-12(13)18(19)20/h5-8,11,16-17H,9-10H2,1-4H3. The molecule has 5 nitrogen and oxygen atoms in total. The molecule has 116 valence electrons. The monoisotopic (exact) mass is 309 g/mol. The van der Waals surface area contributed by atoms with Gasteiger partial charge in [-0.15, -0.1) is 0 Å². The van der Waals surface area contributed by atoms with Gasteiger partial charge in [-0.2, -0.15) is 0 Å². The molecule has 0 radical (unpaired) electrons. The minimum absolute atomic E-state index is 0.0581. The first kappa shape index (κ1) is 16.3. The summed E-state index contributed by atoms with van der Waals surface area (Å²) >= 11 is 1.36. The molecule has 6 heteroatoms. The van der Waals surface area contributed by atoms with Crippen LogP contribution in [0.25, 0.3) is 0 Å². The maximum Gasteiger partial charge on any atom is 0.284 e. The van der Waals surface area contributed by atoms with Crippen LogP contribution in [0.5, 0.6) is 0 Å². The van der Waals surface area contributed by atoms with E-state index in [0.29, 0.717) is 10.9 Å². The summed E-state index contributed by atoms with van der Waals surface area (Å²) in [6.45, 7) is 8.77. The maximum atomic E-state index is 11.0. The number of benzene rings is 1. The van der Waals surface area contributed by atoms with Crippen LogP contribution in [0, 0.1) is 10.1 Å². The summed E-state index contributed by atoms with van der Waals surface area (Å²) < 4.78 is 3.42. The van der Waals surface area contributed by atoms with Crippen LogP contribution in [0.3, 0.4) is 0 Å². The molecule has 0 aliphatic carbocycles. The van der Waals surface area contributed by atoms with E-state index in [2.05, 4.69) is 37.7 Å². The summed E-state index contributed by atoms with van der Waals surface area (Å²) in [6.07, 6.45) is 1.98. The minimum atomic E-state index is -0.333. The molecule has 1 aromatic rings. The van der Waals surface area contributed by atoms with E-state index in [1.54, 1.807) is 18.2 Å². The van der Waals surface area contributed by atoms with Gasteiger partial charge in [0.2, 0.25) is 0 Å². The maximum absolute atomic E-state index is 11.0. The van der Waals surface area contributed by atoms with E-state index in [9.17, 15) is 10.1 Å². The SMILES string of the molecule is CC1(C)CC(NSc2ccccc2[N+](=O)[O-])CC(C)(C)N1. The molecular formula is C15H23N3O2S. The highest BCUT2D eigenvalue weighted by atomic mass is 32.2. The first-order valence-electron chi connectivity index (χ1n) is 7.14. The third-order valence-electron chi connectivity index (χ3n) is 3.59. The highest BCUT2D eigenvalue weighted by molar-refractivity contribution is 7.97. The second kappa shape index (κ2) is 5.94. The van der Waals surface area contributed by atoms with E-state index >= 15 is 0 Å². The number of hydrogen-bond donors (Lipinski definition) is 2. The zero-order valence-electron chi connectivity index (χ0n) is 13.0. The average molecular weight is 309 g/mol. The molecule has 1 heterocycles. The molecule has 21 heavy (non-hydrogen) atoms. The Labute approximate surface area is 130 Å². The van der Waals surface area contributed by atoms with Gasteiger partial charge in [-0.05, 0) is 58.6 Å². The molecule has 1 aliphatic rings. The number of nitro benzene ring substituents is 1. The van der Waals surface area contributed by atoms with Crippen molar-refractivity contribution < 1.29 is 4.92 Å². The van der Waals surface area contributed by atoms with E-state index < -0.39 is 0 Å². The fourth-order valence-electron chi connectivity index (χ4n) is 3.25. The van der Waals surface area contributed by atoms with Crippen molar-refractivity contribution in [2.45, 2.75) is 62.6 Å². The van der Waals surface area contributed by atoms with Gasteiger partial charge in [0, 0.05) is 23.2 Å². The fourth-order valence-corrected chi connectivity index (χ4v) is 4.10. The molecule has 1 fully saturated rings. The van der Waals surface area contributed by atoms with Crippen LogP contribution in [0.4, 0.5) is 5.69 Å². The molecule has 0 bridgehead atoms. The number of nitrogens with one attached hydrogen (secondary N) is 2. The predicted octanol–water partition coefficient (Wildman–Crippen LogP) is 3.50. The largest absolute Gasteiger partial charge is 0.307 e. The molecule has 0 atom stereocenters. The summed E-state index contributed by atoms with van der Waals surface area (Å²) in [5.41, 5.74) is 0.271. The van der Waals surface area contributed by atoms with Crippen LogP contribution in [0.2, 0.25) is 0 Å². The third kappa shape index (κ3) is 4.43.